The summed E-state index contributed by atoms with van der Waals surface area (Å²) in [6, 6.07) is 6.62. The van der Waals surface area contributed by atoms with Gasteiger partial charge in [-0.1, -0.05) is 121 Å². The average Bonchev–Trinajstić information content (AvgIpc) is 2.80. The van der Waals surface area contributed by atoms with Gasteiger partial charge in [-0.3, -0.25) is 9.59 Å². The Kier molecular flexibility index (Phi) is 18.2. The minimum atomic E-state index is -0.284. The maximum absolute atomic E-state index is 12.0. The first-order chi connectivity index (χ1) is 15.6. The van der Waals surface area contributed by atoms with Gasteiger partial charge in [0.15, 0.2) is 12.4 Å². The third-order valence-corrected chi connectivity index (χ3v) is 6.27. The lowest BCUT2D eigenvalue weighted by Crippen LogP contribution is -2.13. The summed E-state index contributed by atoms with van der Waals surface area (Å²) in [4.78, 5) is 23.8. The van der Waals surface area contributed by atoms with E-state index < -0.39 is 0 Å². The van der Waals surface area contributed by atoms with E-state index in [-0.39, 0.29) is 18.4 Å². The molecule has 0 saturated carbocycles. The summed E-state index contributed by atoms with van der Waals surface area (Å²) in [6.07, 6.45) is 22.8. The minimum Gasteiger partial charge on any atom is -0.457 e. The van der Waals surface area contributed by atoms with E-state index in [1.54, 1.807) is 24.3 Å². The van der Waals surface area contributed by atoms with E-state index >= 15 is 0 Å². The number of benzene rings is 1. The highest BCUT2D eigenvalue weighted by atomic mass is 35.5. The molecule has 0 radical (unpaired) electrons. The fraction of sp³-hybridized carbons (Fsp3) is 0.714. The molecule has 0 atom stereocenters. The molecule has 0 bridgehead atoms. The maximum atomic E-state index is 12.0. The van der Waals surface area contributed by atoms with Crippen LogP contribution in [0.4, 0.5) is 0 Å². The number of carbonyl (C=O) groups excluding carboxylic acids is 2. The summed E-state index contributed by atoms with van der Waals surface area (Å²) in [5.41, 5.74) is 0.514. The van der Waals surface area contributed by atoms with Gasteiger partial charge in [-0.25, -0.2) is 0 Å². The lowest BCUT2D eigenvalue weighted by molar-refractivity contribution is -0.142. The Hall–Kier alpha value is -1.35. The molecule has 182 valence electrons. The van der Waals surface area contributed by atoms with Crippen molar-refractivity contribution in [3.05, 3.63) is 34.9 Å². The van der Waals surface area contributed by atoms with Gasteiger partial charge < -0.3 is 4.74 Å². The molecule has 4 heteroatoms. The molecule has 0 fully saturated rings. The second kappa shape index (κ2) is 20.3. The Morgan fingerprint density at radius 2 is 1.06 bits per heavy atom. The van der Waals surface area contributed by atoms with Crippen molar-refractivity contribution in [3.63, 3.8) is 0 Å². The van der Waals surface area contributed by atoms with Crippen LogP contribution in [0.2, 0.25) is 5.02 Å². The van der Waals surface area contributed by atoms with Gasteiger partial charge in [0, 0.05) is 17.0 Å². The SMILES string of the molecule is CCCCCCCCCCCCCCCCCCCC(=O)OCC(=O)c1ccc(Cl)cc1. The first kappa shape index (κ1) is 28.7. The van der Waals surface area contributed by atoms with Crippen molar-refractivity contribution in [2.24, 2.45) is 0 Å². The summed E-state index contributed by atoms with van der Waals surface area (Å²) >= 11 is 5.81. The number of hydrogen-bond acceptors (Lipinski definition) is 3. The molecule has 0 aromatic heterocycles. The summed E-state index contributed by atoms with van der Waals surface area (Å²) < 4.78 is 5.10. The summed E-state index contributed by atoms with van der Waals surface area (Å²) in [6.45, 7) is 2.08. The molecule has 0 aliphatic rings. The van der Waals surface area contributed by atoms with E-state index in [9.17, 15) is 9.59 Å². The molecule has 0 N–H and O–H groups in total. The van der Waals surface area contributed by atoms with Crippen molar-refractivity contribution < 1.29 is 14.3 Å². The summed E-state index contributed by atoms with van der Waals surface area (Å²) in [5.74, 6) is -0.481. The lowest BCUT2D eigenvalue weighted by atomic mass is 10.0. The van der Waals surface area contributed by atoms with Crippen molar-refractivity contribution in [2.45, 2.75) is 122 Å². The van der Waals surface area contributed by atoms with E-state index in [2.05, 4.69) is 6.92 Å². The minimum absolute atomic E-state index is 0.195. The number of rotatable bonds is 21. The smallest absolute Gasteiger partial charge is 0.306 e. The number of halogens is 1. The Labute approximate surface area is 201 Å². The number of ether oxygens (including phenoxy) is 1. The van der Waals surface area contributed by atoms with Crippen LogP contribution in [0.3, 0.4) is 0 Å². The van der Waals surface area contributed by atoms with E-state index in [4.69, 9.17) is 16.3 Å². The van der Waals surface area contributed by atoms with Crippen molar-refractivity contribution in [3.8, 4) is 0 Å². The fourth-order valence-electron chi connectivity index (χ4n) is 3.93. The van der Waals surface area contributed by atoms with E-state index in [1.165, 1.54) is 96.3 Å². The van der Waals surface area contributed by atoms with Gasteiger partial charge in [-0.05, 0) is 30.7 Å². The number of carbonyl (C=O) groups is 2. The quantitative estimate of drug-likeness (QED) is 0.103. The van der Waals surface area contributed by atoms with Gasteiger partial charge in [-0.15, -0.1) is 0 Å². The number of ketones is 1. The van der Waals surface area contributed by atoms with Crippen LogP contribution in [-0.4, -0.2) is 18.4 Å². The molecule has 32 heavy (non-hydrogen) atoms. The Bertz CT molecular complexity index is 597. The predicted molar refractivity (Wildman–Crippen MR) is 136 cm³/mol. The summed E-state index contributed by atoms with van der Waals surface area (Å²) in [7, 11) is 0. The molecule has 1 rings (SSSR count). The summed E-state index contributed by atoms with van der Waals surface area (Å²) in [5, 5.41) is 0.581. The van der Waals surface area contributed by atoms with Crippen LogP contribution < -0.4 is 0 Å². The highest BCUT2D eigenvalue weighted by Crippen LogP contribution is 2.15. The van der Waals surface area contributed by atoms with Crippen molar-refractivity contribution in [1.29, 1.82) is 0 Å². The van der Waals surface area contributed by atoms with Gasteiger partial charge in [0.25, 0.3) is 0 Å². The second-order valence-corrected chi connectivity index (χ2v) is 9.43. The van der Waals surface area contributed by atoms with E-state index in [0.29, 0.717) is 17.0 Å². The van der Waals surface area contributed by atoms with Crippen LogP contribution in [0.5, 0.6) is 0 Å². The molecule has 0 saturated heterocycles. The van der Waals surface area contributed by atoms with Gasteiger partial charge in [-0.2, -0.15) is 0 Å². The molecule has 0 unspecified atom stereocenters. The van der Waals surface area contributed by atoms with Crippen LogP contribution in [0.1, 0.15) is 133 Å². The Morgan fingerprint density at radius 3 is 1.50 bits per heavy atom. The number of esters is 1. The third kappa shape index (κ3) is 16.3. The lowest BCUT2D eigenvalue weighted by Gasteiger charge is -2.05. The van der Waals surface area contributed by atoms with Crippen LogP contribution >= 0.6 is 11.6 Å². The number of unbranched alkanes of at least 4 members (excludes halogenated alkanes) is 16. The first-order valence-electron chi connectivity index (χ1n) is 13.1. The largest absolute Gasteiger partial charge is 0.457 e. The normalized spacial score (nSPS) is 10.9. The van der Waals surface area contributed by atoms with E-state index in [0.717, 1.165) is 12.8 Å². The Balaban J connectivity index is 1.82. The molecule has 0 amide bonds. The second-order valence-electron chi connectivity index (χ2n) is 9.00. The zero-order chi connectivity index (χ0) is 23.3. The highest BCUT2D eigenvalue weighted by molar-refractivity contribution is 6.30. The van der Waals surface area contributed by atoms with Crippen LogP contribution in [0.15, 0.2) is 24.3 Å². The molecule has 1 aromatic carbocycles. The van der Waals surface area contributed by atoms with Crippen molar-refractivity contribution in [1.82, 2.24) is 0 Å². The van der Waals surface area contributed by atoms with Crippen molar-refractivity contribution in [2.75, 3.05) is 6.61 Å². The molecule has 0 spiro atoms. The molecule has 0 aliphatic heterocycles. The predicted octanol–water partition coefficient (Wildman–Crippen LogP) is 9.11. The molecule has 0 heterocycles. The maximum Gasteiger partial charge on any atom is 0.306 e. The van der Waals surface area contributed by atoms with Gasteiger partial charge in [0.2, 0.25) is 0 Å². The monoisotopic (exact) mass is 464 g/mol. The fourth-order valence-corrected chi connectivity index (χ4v) is 4.06. The molecule has 1 aromatic rings. The standard InChI is InChI=1S/C28H45ClO3/c1-2-3-4-5-6-7-8-9-10-11-12-13-14-15-16-17-18-19-28(31)32-24-27(30)25-20-22-26(29)23-21-25/h20-23H,2-19,24H2,1H3. The van der Waals surface area contributed by atoms with Gasteiger partial charge >= 0.3 is 5.97 Å². The molecular weight excluding hydrogens is 420 g/mol. The van der Waals surface area contributed by atoms with Gasteiger partial charge in [0.1, 0.15) is 0 Å². The van der Waals surface area contributed by atoms with Crippen LogP contribution in [0.25, 0.3) is 0 Å². The van der Waals surface area contributed by atoms with E-state index in [1.807, 2.05) is 0 Å². The number of hydrogen-bond donors (Lipinski definition) is 0. The molecule has 0 aliphatic carbocycles. The molecular formula is C28H45ClO3. The highest BCUT2D eigenvalue weighted by Gasteiger charge is 2.09. The Morgan fingerprint density at radius 1 is 0.656 bits per heavy atom. The van der Waals surface area contributed by atoms with Crippen molar-refractivity contribution >= 4 is 23.4 Å². The number of Topliss-reactive ketones (excluding diaryl/α,β-unsaturated/α-hetero) is 1. The van der Waals surface area contributed by atoms with Gasteiger partial charge in [0.05, 0.1) is 0 Å². The average molecular weight is 465 g/mol. The zero-order valence-corrected chi connectivity index (χ0v) is 21.1. The topological polar surface area (TPSA) is 43.4 Å². The van der Waals surface area contributed by atoms with Crippen LogP contribution in [0, 0.1) is 0 Å². The third-order valence-electron chi connectivity index (χ3n) is 6.01. The zero-order valence-electron chi connectivity index (χ0n) is 20.3. The van der Waals surface area contributed by atoms with Crippen LogP contribution in [-0.2, 0) is 9.53 Å². The first-order valence-corrected chi connectivity index (χ1v) is 13.5. The molecule has 3 nitrogen and oxygen atoms in total.